The van der Waals surface area contributed by atoms with Gasteiger partial charge in [0.25, 0.3) is 5.91 Å². The average molecular weight is 336 g/mol. The zero-order valence-electron chi connectivity index (χ0n) is 13.4. The summed E-state index contributed by atoms with van der Waals surface area (Å²) in [5.41, 5.74) is 1.90. The Labute approximate surface area is 141 Å². The molecule has 5 nitrogen and oxygen atoms in total. The molecule has 1 amide bonds. The van der Waals surface area contributed by atoms with E-state index in [-0.39, 0.29) is 29.9 Å². The highest BCUT2D eigenvalue weighted by molar-refractivity contribution is 5.94. The molecule has 3 aliphatic heterocycles. The van der Waals surface area contributed by atoms with Gasteiger partial charge < -0.3 is 9.73 Å². The van der Waals surface area contributed by atoms with Crippen LogP contribution < -0.4 is 5.32 Å². The predicted octanol–water partition coefficient (Wildman–Crippen LogP) is 2.85. The van der Waals surface area contributed by atoms with Crippen molar-refractivity contribution in [2.45, 2.75) is 38.3 Å². The number of hydrogen-bond acceptors (Lipinski definition) is 4. The Kier molecular flexibility index (Phi) is 4.10. The van der Waals surface area contributed by atoms with E-state index in [9.17, 15) is 4.79 Å². The Morgan fingerprint density at radius 2 is 2.04 bits per heavy atom. The van der Waals surface area contributed by atoms with E-state index in [1.54, 1.807) is 24.5 Å². The first-order valence-corrected chi connectivity index (χ1v) is 7.96. The minimum atomic E-state index is -0.0880. The summed E-state index contributed by atoms with van der Waals surface area (Å²) in [6.45, 7) is 6.75. The van der Waals surface area contributed by atoms with E-state index in [1.165, 1.54) is 12.8 Å². The largest absolute Gasteiger partial charge is 0.463 e. The number of piperidine rings is 3. The molecular weight excluding hydrogens is 314 g/mol. The van der Waals surface area contributed by atoms with E-state index < -0.39 is 0 Å². The number of hydrogen-bond donors (Lipinski definition) is 1. The minimum Gasteiger partial charge on any atom is -0.463 e. The van der Waals surface area contributed by atoms with E-state index >= 15 is 0 Å². The Bertz CT molecular complexity index is 719. The number of halogens is 1. The van der Waals surface area contributed by atoms with Gasteiger partial charge in [-0.05, 0) is 57.8 Å². The molecule has 3 fully saturated rings. The lowest BCUT2D eigenvalue weighted by Crippen LogP contribution is -2.69. The molecule has 2 aromatic heterocycles. The molecule has 1 unspecified atom stereocenters. The zero-order valence-corrected chi connectivity index (χ0v) is 14.2. The van der Waals surface area contributed by atoms with Gasteiger partial charge >= 0.3 is 0 Å². The number of nitrogens with one attached hydrogen (secondary N) is 1. The number of aromatic nitrogens is 1. The average Bonchev–Trinajstić information content (AvgIpc) is 2.98. The van der Waals surface area contributed by atoms with Crippen LogP contribution in [0.2, 0.25) is 0 Å². The third-order valence-electron chi connectivity index (χ3n) is 5.41. The summed E-state index contributed by atoms with van der Waals surface area (Å²) in [7, 11) is 0. The van der Waals surface area contributed by atoms with Gasteiger partial charge in [0.15, 0.2) is 5.58 Å². The standard InChI is InChI=1S/C17H21N3O2.ClH/c1-17(2)15(11-5-8-20(17)9-6-11)19-16(21)13-3-4-14-12(18-13)7-10-22-14;/h3-4,7,10-11,15H,5-6,8-9H2,1-2H3,(H,19,21);1H. The molecule has 1 atom stereocenters. The Hall–Kier alpha value is -1.59. The van der Waals surface area contributed by atoms with Gasteiger partial charge in [0.1, 0.15) is 11.2 Å². The molecule has 2 bridgehead atoms. The van der Waals surface area contributed by atoms with Crippen LogP contribution in [0.15, 0.2) is 28.9 Å². The summed E-state index contributed by atoms with van der Waals surface area (Å²) < 4.78 is 5.28. The van der Waals surface area contributed by atoms with Crippen molar-refractivity contribution in [3.63, 3.8) is 0 Å². The van der Waals surface area contributed by atoms with Gasteiger partial charge in [0, 0.05) is 17.6 Å². The van der Waals surface area contributed by atoms with Gasteiger partial charge in [-0.25, -0.2) is 4.98 Å². The van der Waals surface area contributed by atoms with Crippen LogP contribution in [0, 0.1) is 5.92 Å². The van der Waals surface area contributed by atoms with Crippen LogP contribution >= 0.6 is 12.4 Å². The fraction of sp³-hybridized carbons (Fsp3) is 0.529. The second-order valence-corrected chi connectivity index (χ2v) is 6.93. The van der Waals surface area contributed by atoms with Gasteiger partial charge in [-0.2, -0.15) is 0 Å². The maximum Gasteiger partial charge on any atom is 0.270 e. The number of amides is 1. The molecule has 0 saturated carbocycles. The first-order chi connectivity index (χ1) is 10.6. The summed E-state index contributed by atoms with van der Waals surface area (Å²) >= 11 is 0. The van der Waals surface area contributed by atoms with E-state index in [4.69, 9.17) is 4.42 Å². The summed E-state index contributed by atoms with van der Waals surface area (Å²) in [5.74, 6) is 0.483. The van der Waals surface area contributed by atoms with Crippen molar-refractivity contribution < 1.29 is 9.21 Å². The Morgan fingerprint density at radius 1 is 1.30 bits per heavy atom. The second kappa shape index (κ2) is 5.80. The lowest BCUT2D eigenvalue weighted by atomic mass is 9.72. The molecule has 1 N–H and O–H groups in total. The van der Waals surface area contributed by atoms with Crippen LogP contribution in [0.25, 0.3) is 11.1 Å². The Morgan fingerprint density at radius 3 is 2.74 bits per heavy atom. The predicted molar refractivity (Wildman–Crippen MR) is 90.9 cm³/mol. The Balaban J connectivity index is 0.00000156. The smallest absolute Gasteiger partial charge is 0.270 e. The van der Waals surface area contributed by atoms with Crippen LogP contribution in [-0.4, -0.2) is 40.5 Å². The van der Waals surface area contributed by atoms with E-state index in [0.717, 1.165) is 18.6 Å². The van der Waals surface area contributed by atoms with Crippen molar-refractivity contribution >= 4 is 29.4 Å². The third kappa shape index (κ3) is 2.62. The highest BCUT2D eigenvalue weighted by Crippen LogP contribution is 2.39. The van der Waals surface area contributed by atoms with Crippen molar-refractivity contribution in [2.75, 3.05) is 13.1 Å². The quantitative estimate of drug-likeness (QED) is 0.916. The van der Waals surface area contributed by atoms with Crippen LogP contribution in [-0.2, 0) is 0 Å². The number of nitrogens with zero attached hydrogens (tertiary/aromatic N) is 2. The molecule has 0 aliphatic carbocycles. The van der Waals surface area contributed by atoms with Gasteiger partial charge in [-0.1, -0.05) is 0 Å². The molecule has 0 radical (unpaired) electrons. The van der Waals surface area contributed by atoms with E-state index in [2.05, 4.69) is 29.0 Å². The van der Waals surface area contributed by atoms with Crippen molar-refractivity contribution in [3.05, 3.63) is 30.2 Å². The molecule has 5 heterocycles. The normalized spacial score (nSPS) is 28.3. The summed E-state index contributed by atoms with van der Waals surface area (Å²) in [6.07, 6.45) is 3.93. The summed E-state index contributed by atoms with van der Waals surface area (Å²) in [4.78, 5) is 19.5. The molecule has 3 aliphatic rings. The SMILES string of the molecule is CC1(C)C(NC(=O)c2ccc3occc3n2)C2CCN1CC2.Cl. The topological polar surface area (TPSA) is 58.4 Å². The first-order valence-electron chi connectivity index (χ1n) is 7.96. The van der Waals surface area contributed by atoms with Crippen LogP contribution in [0.5, 0.6) is 0 Å². The molecule has 0 aromatic carbocycles. The van der Waals surface area contributed by atoms with Gasteiger partial charge in [-0.3, -0.25) is 9.69 Å². The number of rotatable bonds is 2. The highest BCUT2D eigenvalue weighted by atomic mass is 35.5. The number of fused-ring (bicyclic) bond motifs is 4. The minimum absolute atomic E-state index is 0. The van der Waals surface area contributed by atoms with E-state index in [0.29, 0.717) is 17.2 Å². The fourth-order valence-electron chi connectivity index (χ4n) is 4.07. The van der Waals surface area contributed by atoms with Crippen LogP contribution in [0.3, 0.4) is 0 Å². The first kappa shape index (κ1) is 16.3. The maximum absolute atomic E-state index is 12.6. The molecule has 2 aromatic rings. The zero-order chi connectivity index (χ0) is 15.3. The number of carbonyl (C=O) groups is 1. The molecular formula is C17H22ClN3O2. The third-order valence-corrected chi connectivity index (χ3v) is 5.41. The lowest BCUT2D eigenvalue weighted by Gasteiger charge is -2.56. The monoisotopic (exact) mass is 335 g/mol. The van der Waals surface area contributed by atoms with Crippen LogP contribution in [0.4, 0.5) is 0 Å². The summed E-state index contributed by atoms with van der Waals surface area (Å²) in [6, 6.07) is 5.50. The molecule has 23 heavy (non-hydrogen) atoms. The number of pyridine rings is 1. The van der Waals surface area contributed by atoms with Crippen molar-refractivity contribution in [1.82, 2.24) is 15.2 Å². The van der Waals surface area contributed by atoms with Crippen molar-refractivity contribution in [2.24, 2.45) is 5.92 Å². The molecule has 0 spiro atoms. The van der Waals surface area contributed by atoms with Crippen molar-refractivity contribution in [1.29, 1.82) is 0 Å². The fourth-order valence-corrected chi connectivity index (χ4v) is 4.07. The molecule has 6 heteroatoms. The second-order valence-electron chi connectivity index (χ2n) is 6.93. The highest BCUT2D eigenvalue weighted by Gasteiger charge is 2.48. The number of carbonyl (C=O) groups excluding carboxylic acids is 1. The van der Waals surface area contributed by atoms with Gasteiger partial charge in [0.05, 0.1) is 6.26 Å². The van der Waals surface area contributed by atoms with Crippen molar-refractivity contribution in [3.8, 4) is 0 Å². The van der Waals surface area contributed by atoms with Gasteiger partial charge in [-0.15, -0.1) is 12.4 Å². The molecule has 124 valence electrons. The van der Waals surface area contributed by atoms with Gasteiger partial charge in [0.2, 0.25) is 0 Å². The molecule has 5 rings (SSSR count). The van der Waals surface area contributed by atoms with E-state index in [1.807, 2.05) is 0 Å². The summed E-state index contributed by atoms with van der Waals surface area (Å²) in [5, 5.41) is 3.24. The van der Waals surface area contributed by atoms with Crippen LogP contribution in [0.1, 0.15) is 37.2 Å². The molecule has 3 saturated heterocycles. The number of furan rings is 1. The maximum atomic E-state index is 12.6. The lowest BCUT2D eigenvalue weighted by molar-refractivity contribution is -0.0378.